The summed E-state index contributed by atoms with van der Waals surface area (Å²) in [6.07, 6.45) is 0.331. The highest BCUT2D eigenvalue weighted by molar-refractivity contribution is 6.03. The largest absolute Gasteiger partial charge is 0.494 e. The van der Waals surface area contributed by atoms with Crippen LogP contribution in [0.3, 0.4) is 0 Å². The molecule has 0 aliphatic carbocycles. The second-order valence-corrected chi connectivity index (χ2v) is 4.80. The highest BCUT2D eigenvalue weighted by atomic mass is 19.1. The number of rotatable bonds is 3. The van der Waals surface area contributed by atoms with Crippen molar-refractivity contribution in [3.8, 4) is 5.88 Å². The number of aromatic hydroxyl groups is 1. The topological polar surface area (TPSA) is 76.6 Å². The predicted molar refractivity (Wildman–Crippen MR) is 81.5 cm³/mol. The fourth-order valence-electron chi connectivity index (χ4n) is 2.10. The molecule has 0 aliphatic heterocycles. The van der Waals surface area contributed by atoms with Gasteiger partial charge in [-0.1, -0.05) is 13.0 Å². The van der Waals surface area contributed by atoms with Crippen molar-refractivity contribution in [1.82, 2.24) is 9.13 Å². The van der Waals surface area contributed by atoms with Crippen molar-refractivity contribution in [2.24, 2.45) is 19.1 Å². The van der Waals surface area contributed by atoms with Gasteiger partial charge in [0.15, 0.2) is 0 Å². The lowest BCUT2D eigenvalue weighted by Crippen LogP contribution is -2.40. The molecule has 0 atom stereocenters. The van der Waals surface area contributed by atoms with Gasteiger partial charge in [0.05, 0.1) is 11.4 Å². The number of nitrogens with zero attached hydrogens (tertiary/aromatic N) is 3. The summed E-state index contributed by atoms with van der Waals surface area (Å²) < 4.78 is 15.1. The van der Waals surface area contributed by atoms with E-state index in [0.29, 0.717) is 12.1 Å². The summed E-state index contributed by atoms with van der Waals surface area (Å²) in [4.78, 5) is 28.2. The molecule has 0 fully saturated rings. The van der Waals surface area contributed by atoms with E-state index in [2.05, 4.69) is 4.99 Å². The number of halogens is 1. The molecule has 1 N–H and O–H groups in total. The average molecular weight is 305 g/mol. The Bertz CT molecular complexity index is 865. The SMILES string of the molecule is CCC(=Nc1cccc(F)c1)c1c(O)n(C)c(=O)n(C)c1=O. The summed E-state index contributed by atoms with van der Waals surface area (Å²) >= 11 is 0. The van der Waals surface area contributed by atoms with E-state index in [1.54, 1.807) is 13.0 Å². The minimum absolute atomic E-state index is 0.0589. The third kappa shape index (κ3) is 2.69. The molecular formula is C15H16FN3O3. The van der Waals surface area contributed by atoms with Gasteiger partial charge in [-0.15, -0.1) is 0 Å². The summed E-state index contributed by atoms with van der Waals surface area (Å²) in [5.41, 5.74) is -0.729. The van der Waals surface area contributed by atoms with Crippen molar-refractivity contribution in [2.75, 3.05) is 0 Å². The number of hydrogen-bond acceptors (Lipinski definition) is 4. The van der Waals surface area contributed by atoms with Crippen LogP contribution in [-0.2, 0) is 14.1 Å². The van der Waals surface area contributed by atoms with E-state index in [1.165, 1.54) is 32.3 Å². The van der Waals surface area contributed by atoms with Crippen LogP contribution in [0.25, 0.3) is 0 Å². The van der Waals surface area contributed by atoms with Gasteiger partial charge in [0, 0.05) is 14.1 Å². The van der Waals surface area contributed by atoms with E-state index in [0.717, 1.165) is 9.13 Å². The van der Waals surface area contributed by atoms with Crippen LogP contribution in [0.15, 0.2) is 38.8 Å². The van der Waals surface area contributed by atoms with Crippen LogP contribution in [-0.4, -0.2) is 20.0 Å². The molecule has 2 rings (SSSR count). The zero-order chi connectivity index (χ0) is 16.4. The minimum atomic E-state index is -0.641. The van der Waals surface area contributed by atoms with Crippen molar-refractivity contribution < 1.29 is 9.50 Å². The molecule has 7 heteroatoms. The van der Waals surface area contributed by atoms with Gasteiger partial charge >= 0.3 is 5.69 Å². The number of aliphatic imine (C=N–C) groups is 1. The molecular weight excluding hydrogens is 289 g/mol. The molecule has 0 amide bonds. The smallest absolute Gasteiger partial charge is 0.333 e. The van der Waals surface area contributed by atoms with Gasteiger partial charge in [0.1, 0.15) is 11.4 Å². The number of benzene rings is 1. The lowest BCUT2D eigenvalue weighted by atomic mass is 10.1. The van der Waals surface area contributed by atoms with E-state index in [-0.39, 0.29) is 11.3 Å². The Balaban J connectivity index is 2.73. The highest BCUT2D eigenvalue weighted by Gasteiger charge is 2.19. The fraction of sp³-hybridized carbons (Fsp3) is 0.267. The first-order chi connectivity index (χ1) is 10.4. The average Bonchev–Trinajstić information content (AvgIpc) is 2.50. The van der Waals surface area contributed by atoms with Gasteiger partial charge < -0.3 is 5.11 Å². The number of aromatic nitrogens is 2. The zero-order valence-corrected chi connectivity index (χ0v) is 12.5. The second-order valence-electron chi connectivity index (χ2n) is 4.80. The second kappa shape index (κ2) is 5.97. The standard InChI is InChI=1S/C15H16FN3O3/c1-4-11(17-10-7-5-6-9(16)8-10)12-13(20)18(2)15(22)19(3)14(12)21/h5-8,20H,4H2,1-3H3. The molecule has 0 saturated carbocycles. The van der Waals surface area contributed by atoms with Crippen LogP contribution in [0, 0.1) is 5.82 Å². The highest BCUT2D eigenvalue weighted by Crippen LogP contribution is 2.18. The van der Waals surface area contributed by atoms with Crippen LogP contribution < -0.4 is 11.2 Å². The van der Waals surface area contributed by atoms with E-state index < -0.39 is 22.9 Å². The van der Waals surface area contributed by atoms with Crippen LogP contribution in [0.4, 0.5) is 10.1 Å². The Hall–Kier alpha value is -2.70. The molecule has 22 heavy (non-hydrogen) atoms. The summed E-state index contributed by atoms with van der Waals surface area (Å²) in [5, 5.41) is 10.1. The van der Waals surface area contributed by atoms with Crippen LogP contribution in [0.1, 0.15) is 18.9 Å². The Morgan fingerprint density at radius 3 is 2.55 bits per heavy atom. The Labute approximate surface area is 125 Å². The summed E-state index contributed by atoms with van der Waals surface area (Å²) in [6.45, 7) is 1.75. The molecule has 0 bridgehead atoms. The molecule has 6 nitrogen and oxygen atoms in total. The Kier molecular flexibility index (Phi) is 4.25. The van der Waals surface area contributed by atoms with Gasteiger partial charge in [-0.05, 0) is 24.6 Å². The molecule has 0 unspecified atom stereocenters. The number of hydrogen-bond donors (Lipinski definition) is 1. The predicted octanol–water partition coefficient (Wildman–Crippen LogP) is 1.46. The first-order valence-electron chi connectivity index (χ1n) is 6.69. The van der Waals surface area contributed by atoms with E-state index in [1.807, 2.05) is 0 Å². The third-order valence-corrected chi connectivity index (χ3v) is 3.33. The van der Waals surface area contributed by atoms with Crippen molar-refractivity contribution in [2.45, 2.75) is 13.3 Å². The maximum Gasteiger partial charge on any atom is 0.333 e. The van der Waals surface area contributed by atoms with E-state index >= 15 is 0 Å². The van der Waals surface area contributed by atoms with Gasteiger partial charge in [-0.2, -0.15) is 0 Å². The molecule has 2 aromatic rings. The summed E-state index contributed by atoms with van der Waals surface area (Å²) in [5.74, 6) is -0.903. The molecule has 116 valence electrons. The van der Waals surface area contributed by atoms with Crippen molar-refractivity contribution in [3.63, 3.8) is 0 Å². The summed E-state index contributed by atoms with van der Waals surface area (Å²) in [6, 6.07) is 5.59. The van der Waals surface area contributed by atoms with Gasteiger partial charge in [0.25, 0.3) is 5.56 Å². The van der Waals surface area contributed by atoms with Crippen LogP contribution in [0.2, 0.25) is 0 Å². The van der Waals surface area contributed by atoms with Crippen molar-refractivity contribution in [1.29, 1.82) is 0 Å². The minimum Gasteiger partial charge on any atom is -0.494 e. The zero-order valence-electron chi connectivity index (χ0n) is 12.5. The molecule has 0 aliphatic rings. The quantitative estimate of drug-likeness (QED) is 0.872. The third-order valence-electron chi connectivity index (χ3n) is 3.33. The van der Waals surface area contributed by atoms with E-state index in [9.17, 15) is 19.1 Å². The molecule has 1 aromatic heterocycles. The summed E-state index contributed by atoms with van der Waals surface area (Å²) in [7, 11) is 2.68. The molecule has 0 radical (unpaired) electrons. The van der Waals surface area contributed by atoms with Crippen molar-refractivity contribution in [3.05, 3.63) is 56.5 Å². The first kappa shape index (κ1) is 15.7. The normalized spacial score (nSPS) is 11.7. The lowest BCUT2D eigenvalue weighted by Gasteiger charge is -2.11. The van der Waals surface area contributed by atoms with Crippen LogP contribution >= 0.6 is 0 Å². The maximum atomic E-state index is 13.2. The Morgan fingerprint density at radius 2 is 1.95 bits per heavy atom. The Morgan fingerprint density at radius 1 is 1.27 bits per heavy atom. The van der Waals surface area contributed by atoms with Gasteiger partial charge in [-0.3, -0.25) is 18.9 Å². The first-order valence-corrected chi connectivity index (χ1v) is 6.69. The molecule has 1 aromatic carbocycles. The van der Waals surface area contributed by atoms with Gasteiger partial charge in [-0.25, -0.2) is 9.18 Å². The lowest BCUT2D eigenvalue weighted by molar-refractivity contribution is 0.410. The maximum absolute atomic E-state index is 13.2. The molecule has 0 saturated heterocycles. The van der Waals surface area contributed by atoms with Gasteiger partial charge in [0.2, 0.25) is 5.88 Å². The van der Waals surface area contributed by atoms with Crippen LogP contribution in [0.5, 0.6) is 5.88 Å². The van der Waals surface area contributed by atoms with E-state index in [4.69, 9.17) is 0 Å². The monoisotopic (exact) mass is 305 g/mol. The molecule has 0 spiro atoms. The fourth-order valence-corrected chi connectivity index (χ4v) is 2.10. The van der Waals surface area contributed by atoms with Crippen molar-refractivity contribution >= 4 is 11.4 Å². The molecule has 1 heterocycles.